The molecule has 0 spiro atoms. The van der Waals surface area contributed by atoms with Crippen molar-refractivity contribution in [3.05, 3.63) is 51.6 Å². The Bertz CT molecular complexity index is 1780. The van der Waals surface area contributed by atoms with Crippen molar-refractivity contribution < 1.29 is 76.5 Å². The van der Waals surface area contributed by atoms with Gasteiger partial charge in [0.05, 0.1) is 42.0 Å². The number of fused-ring (bicyclic) bond motifs is 3. The summed E-state index contributed by atoms with van der Waals surface area (Å²) in [7, 11) is 1.25. The van der Waals surface area contributed by atoms with Gasteiger partial charge in [0, 0.05) is 42.4 Å². The van der Waals surface area contributed by atoms with Gasteiger partial charge < -0.3 is 44.7 Å². The zero-order valence-corrected chi connectivity index (χ0v) is 27.7. The first kappa shape index (κ1) is 37.7. The first-order chi connectivity index (χ1) is 23.9. The zero-order valence-electron chi connectivity index (χ0n) is 27.7. The number of rotatable bonds is 10. The van der Waals surface area contributed by atoms with E-state index < -0.39 is 120 Å². The number of methoxy groups -OCH3 is 1. The zero-order chi connectivity index (χ0) is 37.6. The topological polar surface area (TPSA) is 215 Å². The molecule has 276 valence electrons. The predicted molar refractivity (Wildman–Crippen MR) is 165 cm³/mol. The Morgan fingerprint density at radius 3 is 2.41 bits per heavy atom. The summed E-state index contributed by atoms with van der Waals surface area (Å²) >= 11 is 0. The molecule has 1 amide bonds. The number of amides is 1. The monoisotopic (exact) mass is 723 g/mol. The van der Waals surface area contributed by atoms with Crippen LogP contribution in [0.15, 0.2) is 18.2 Å². The molecule has 1 saturated heterocycles. The molecule has 1 heterocycles. The third-order valence-electron chi connectivity index (χ3n) is 9.29. The van der Waals surface area contributed by atoms with Crippen LogP contribution >= 0.6 is 0 Å². The van der Waals surface area contributed by atoms with Gasteiger partial charge in [-0.3, -0.25) is 24.0 Å². The fourth-order valence-electron chi connectivity index (χ4n) is 6.64. The number of carbonyl (C=O) groups is 5. The van der Waals surface area contributed by atoms with E-state index in [4.69, 9.17) is 18.9 Å². The number of nitrogens with one attached hydrogen (secondary N) is 1. The van der Waals surface area contributed by atoms with Gasteiger partial charge in [0.15, 0.2) is 18.7 Å². The number of halogens is 3. The van der Waals surface area contributed by atoms with Crippen molar-refractivity contribution >= 4 is 29.2 Å². The van der Waals surface area contributed by atoms with Crippen molar-refractivity contribution in [2.24, 2.45) is 0 Å². The van der Waals surface area contributed by atoms with Crippen LogP contribution in [0, 0.1) is 0 Å². The molecule has 5 rings (SSSR count). The van der Waals surface area contributed by atoms with Gasteiger partial charge >= 0.3 is 18.1 Å². The highest BCUT2D eigenvalue weighted by atomic mass is 19.4. The molecule has 2 aromatic carbocycles. The van der Waals surface area contributed by atoms with Crippen LogP contribution in [-0.4, -0.2) is 99.7 Å². The van der Waals surface area contributed by atoms with E-state index in [1.54, 1.807) is 5.32 Å². The molecule has 0 saturated carbocycles. The molecule has 1 aliphatic heterocycles. The summed E-state index contributed by atoms with van der Waals surface area (Å²) in [5.41, 5.74) is -4.85. The van der Waals surface area contributed by atoms with E-state index in [1.807, 2.05) is 6.92 Å². The van der Waals surface area contributed by atoms with Gasteiger partial charge in [-0.25, -0.2) is 0 Å². The molecule has 51 heavy (non-hydrogen) atoms. The van der Waals surface area contributed by atoms with Gasteiger partial charge in [-0.05, 0) is 19.4 Å². The van der Waals surface area contributed by atoms with Crippen molar-refractivity contribution in [3.63, 3.8) is 0 Å². The summed E-state index contributed by atoms with van der Waals surface area (Å²) < 4.78 is 61.1. The van der Waals surface area contributed by atoms with E-state index in [0.29, 0.717) is 12.8 Å². The van der Waals surface area contributed by atoms with Gasteiger partial charge in [0.2, 0.25) is 11.6 Å². The van der Waals surface area contributed by atoms with Crippen LogP contribution in [-0.2, 0) is 35.0 Å². The number of alkyl halides is 3. The minimum Gasteiger partial charge on any atom is -0.507 e. The molecule has 17 heteroatoms. The second-order valence-corrected chi connectivity index (χ2v) is 12.7. The molecule has 6 atom stereocenters. The Kier molecular flexibility index (Phi) is 10.5. The minimum absolute atomic E-state index is 0.00489. The Balaban J connectivity index is 1.58. The Labute approximate surface area is 288 Å². The van der Waals surface area contributed by atoms with Crippen molar-refractivity contribution in [2.45, 2.75) is 94.8 Å². The smallest absolute Gasteiger partial charge is 0.471 e. The highest BCUT2D eigenvalue weighted by Crippen LogP contribution is 2.52. The molecule has 2 aliphatic carbocycles. The SMILES string of the molecule is CCCCC(=O)OCC(=O)[C@]1(O)Cc2c(O)c3c(c(O)c2[C@H](OC2CC(NC(=O)C(F)(F)F)C(O)C(C)O2)C1)C(=O)c1c(OC)cccc1C3=O. The summed E-state index contributed by atoms with van der Waals surface area (Å²) in [4.78, 5) is 64.9. The van der Waals surface area contributed by atoms with Crippen molar-refractivity contribution in [3.8, 4) is 17.2 Å². The average Bonchev–Trinajstić information content (AvgIpc) is 3.07. The summed E-state index contributed by atoms with van der Waals surface area (Å²) in [6.45, 7) is 2.21. The maximum Gasteiger partial charge on any atom is 0.471 e. The molecule has 5 N–H and O–H groups in total. The van der Waals surface area contributed by atoms with E-state index in [0.717, 1.165) is 0 Å². The number of ketones is 3. The number of unbranched alkanes of at least 4 members (excludes halogenated alkanes) is 1. The molecule has 4 unspecified atom stereocenters. The molecule has 2 aromatic rings. The fourth-order valence-corrected chi connectivity index (χ4v) is 6.64. The van der Waals surface area contributed by atoms with Crippen LogP contribution in [0.5, 0.6) is 17.2 Å². The lowest BCUT2D eigenvalue weighted by Gasteiger charge is -2.43. The average molecular weight is 724 g/mol. The van der Waals surface area contributed by atoms with Gasteiger partial charge in [0.25, 0.3) is 0 Å². The first-order valence-electron chi connectivity index (χ1n) is 16.1. The molecule has 14 nitrogen and oxygen atoms in total. The number of ether oxygens (including phenoxy) is 4. The lowest BCUT2D eigenvalue weighted by molar-refractivity contribution is -0.250. The number of phenolic OH excluding ortho intramolecular Hbond substituents is 2. The lowest BCUT2D eigenvalue weighted by atomic mass is 9.72. The largest absolute Gasteiger partial charge is 0.507 e. The Morgan fingerprint density at radius 1 is 1.08 bits per heavy atom. The summed E-state index contributed by atoms with van der Waals surface area (Å²) in [5, 5.41) is 47.2. The number of hydrogen-bond donors (Lipinski definition) is 5. The van der Waals surface area contributed by atoms with E-state index in [2.05, 4.69) is 0 Å². The van der Waals surface area contributed by atoms with Gasteiger partial charge in [-0.1, -0.05) is 25.5 Å². The minimum atomic E-state index is -5.29. The van der Waals surface area contributed by atoms with Crippen molar-refractivity contribution in [1.29, 1.82) is 0 Å². The quantitative estimate of drug-likeness (QED) is 0.150. The Hall–Kier alpha value is -4.58. The first-order valence-corrected chi connectivity index (χ1v) is 16.1. The van der Waals surface area contributed by atoms with Gasteiger partial charge in [-0.15, -0.1) is 0 Å². The molecule has 0 aromatic heterocycles. The lowest BCUT2D eigenvalue weighted by Crippen LogP contribution is -2.57. The summed E-state index contributed by atoms with van der Waals surface area (Å²) in [6, 6.07) is 2.58. The molecular formula is C34H36F3NO13. The van der Waals surface area contributed by atoms with Crippen LogP contribution in [0.4, 0.5) is 13.2 Å². The van der Waals surface area contributed by atoms with Crippen LogP contribution in [0.3, 0.4) is 0 Å². The third-order valence-corrected chi connectivity index (χ3v) is 9.29. The second-order valence-electron chi connectivity index (χ2n) is 12.7. The van der Waals surface area contributed by atoms with E-state index >= 15 is 0 Å². The van der Waals surface area contributed by atoms with Crippen molar-refractivity contribution in [1.82, 2.24) is 5.32 Å². The number of aliphatic hydroxyl groups is 2. The van der Waals surface area contributed by atoms with Gasteiger partial charge in [0.1, 0.15) is 29.0 Å². The molecule has 0 bridgehead atoms. The van der Waals surface area contributed by atoms with Crippen LogP contribution in [0.25, 0.3) is 0 Å². The number of aliphatic hydroxyl groups excluding tert-OH is 1. The number of aromatic hydroxyl groups is 2. The van der Waals surface area contributed by atoms with E-state index in [-0.39, 0.29) is 34.4 Å². The number of hydrogen-bond acceptors (Lipinski definition) is 13. The molecular weight excluding hydrogens is 687 g/mol. The molecule has 0 radical (unpaired) electrons. The third kappa shape index (κ3) is 7.02. The number of esters is 1. The number of carbonyl (C=O) groups excluding carboxylic acids is 5. The van der Waals surface area contributed by atoms with Gasteiger partial charge in [-0.2, -0.15) is 13.2 Å². The Morgan fingerprint density at radius 2 is 1.76 bits per heavy atom. The highest BCUT2D eigenvalue weighted by Gasteiger charge is 2.51. The summed E-state index contributed by atoms with van der Waals surface area (Å²) in [5.74, 6) is -7.66. The number of Topliss-reactive ketones (excluding diaryl/α,β-unsaturated/α-hetero) is 1. The highest BCUT2D eigenvalue weighted by molar-refractivity contribution is 6.31. The summed E-state index contributed by atoms with van der Waals surface area (Å²) in [6.07, 6.45) is -12.3. The molecule has 1 fully saturated rings. The molecule has 3 aliphatic rings. The number of benzene rings is 2. The van der Waals surface area contributed by atoms with Crippen molar-refractivity contribution in [2.75, 3.05) is 13.7 Å². The fraction of sp³-hybridized carbons (Fsp3) is 0.500. The predicted octanol–water partition coefficient (Wildman–Crippen LogP) is 2.46. The van der Waals surface area contributed by atoms with Crippen LogP contribution in [0.2, 0.25) is 0 Å². The van der Waals surface area contributed by atoms with E-state index in [9.17, 15) is 57.6 Å². The maximum absolute atomic E-state index is 13.9. The standard InChI is InChI=1S/C34H36F3NO13/c1-4-5-9-21(40)49-13-20(39)33(47)11-16-24(19(12-33)51-22-10-17(27(41)14(2)50-22)38-32(46)34(35,36)37)31(45)26-25(29(16)43)28(42)15-7-6-8-18(48-3)23(15)30(26)44/h6-8,14,17,19,22,27,41,43,45,47H,4-5,9-13H2,1-3H3,(H,38,46)/t14?,17?,19-,22?,27?,33+/m1/s1. The van der Waals surface area contributed by atoms with Crippen LogP contribution in [0.1, 0.15) is 95.0 Å². The second kappa shape index (κ2) is 14.2. The van der Waals surface area contributed by atoms with E-state index in [1.165, 1.54) is 32.2 Å². The normalized spacial score (nSPS) is 25.7. The van der Waals surface area contributed by atoms with Crippen LogP contribution < -0.4 is 10.1 Å². The maximum atomic E-state index is 13.9. The number of phenols is 2.